The number of rotatable bonds is 6. The monoisotopic (exact) mass is 386 g/mol. The number of nitrogens with one attached hydrogen (secondary N) is 2. The number of amides is 2. The first-order chi connectivity index (χ1) is 13.4. The van der Waals surface area contributed by atoms with Gasteiger partial charge in [-0.15, -0.1) is 0 Å². The molecule has 2 amide bonds. The van der Waals surface area contributed by atoms with Crippen LogP contribution in [0.4, 0.5) is 0 Å². The summed E-state index contributed by atoms with van der Waals surface area (Å²) < 4.78 is 10.0. The molecule has 10 nitrogen and oxygen atoms in total. The maximum Gasteiger partial charge on any atom is 0.331 e. The lowest BCUT2D eigenvalue weighted by Gasteiger charge is -2.03. The molecule has 2 rings (SSSR count). The number of carbonyl (C=O) groups excluding carboxylic acids is 2. The van der Waals surface area contributed by atoms with Gasteiger partial charge < -0.3 is 19.7 Å². The summed E-state index contributed by atoms with van der Waals surface area (Å²) in [5.74, 6) is -1.34. The van der Waals surface area contributed by atoms with Gasteiger partial charge in [-0.05, 0) is 36.4 Å². The fraction of sp³-hybridized carbons (Fsp3) is 0.111. The predicted molar refractivity (Wildman–Crippen MR) is 101 cm³/mol. The van der Waals surface area contributed by atoms with Crippen LogP contribution < -0.4 is 20.3 Å². The fourth-order valence-corrected chi connectivity index (χ4v) is 1.95. The molecule has 0 aliphatic rings. The van der Waals surface area contributed by atoms with Crippen molar-refractivity contribution in [2.75, 3.05) is 14.2 Å². The maximum atomic E-state index is 11.7. The van der Waals surface area contributed by atoms with E-state index in [1.807, 2.05) is 10.9 Å². The van der Waals surface area contributed by atoms with Crippen molar-refractivity contribution in [3.63, 3.8) is 0 Å². The molecular formula is C18H18N4O6. The van der Waals surface area contributed by atoms with Gasteiger partial charge in [0, 0.05) is 11.1 Å². The Hall–Kier alpha value is -4.08. The predicted octanol–water partition coefficient (Wildman–Crippen LogP) is 0.715. The first kappa shape index (κ1) is 20.2. The van der Waals surface area contributed by atoms with E-state index in [9.17, 15) is 19.8 Å². The zero-order valence-electron chi connectivity index (χ0n) is 15.0. The van der Waals surface area contributed by atoms with E-state index >= 15 is 0 Å². The van der Waals surface area contributed by atoms with Crippen LogP contribution >= 0.6 is 0 Å². The molecule has 0 unspecified atom stereocenters. The highest BCUT2D eigenvalue weighted by Gasteiger charge is 2.11. The van der Waals surface area contributed by atoms with Crippen LogP contribution in [0.25, 0.3) is 0 Å². The van der Waals surface area contributed by atoms with Gasteiger partial charge in [0.2, 0.25) is 0 Å². The van der Waals surface area contributed by atoms with Gasteiger partial charge in [-0.2, -0.15) is 10.2 Å². The molecule has 28 heavy (non-hydrogen) atoms. The average molecular weight is 386 g/mol. The lowest BCUT2D eigenvalue weighted by molar-refractivity contribution is -0.139. The molecule has 2 aromatic carbocycles. The lowest BCUT2D eigenvalue weighted by atomic mass is 10.2. The van der Waals surface area contributed by atoms with Crippen LogP contribution in [0.1, 0.15) is 11.1 Å². The molecule has 0 saturated heterocycles. The Morgan fingerprint density at radius 3 is 1.57 bits per heavy atom. The standard InChI is InChI=1S/C18H18N4O6/c1-27-13-3-5-15(23)11(7-13)9-19-21-17(25)18(26)22-20-10-12-8-14(28-2)4-6-16(12)24/h3-10,23-24H,1-2H3,(H,21,25)(H,22,26). The van der Waals surface area contributed by atoms with E-state index in [4.69, 9.17) is 9.47 Å². The molecule has 4 N–H and O–H groups in total. The molecular weight excluding hydrogens is 368 g/mol. The topological polar surface area (TPSA) is 142 Å². The van der Waals surface area contributed by atoms with E-state index in [2.05, 4.69) is 10.2 Å². The third-order valence-electron chi connectivity index (χ3n) is 3.42. The van der Waals surface area contributed by atoms with Crippen LogP contribution in [0.15, 0.2) is 46.6 Å². The first-order valence-electron chi connectivity index (χ1n) is 7.85. The molecule has 0 fully saturated rings. The number of phenols is 2. The number of carbonyl (C=O) groups is 2. The highest BCUT2D eigenvalue weighted by molar-refractivity contribution is 6.35. The summed E-state index contributed by atoms with van der Waals surface area (Å²) in [6.45, 7) is 0. The van der Waals surface area contributed by atoms with Crippen LogP contribution in [-0.4, -0.2) is 48.7 Å². The minimum Gasteiger partial charge on any atom is -0.507 e. The number of hydrogen-bond donors (Lipinski definition) is 4. The van der Waals surface area contributed by atoms with Gasteiger partial charge in [-0.1, -0.05) is 0 Å². The highest BCUT2D eigenvalue weighted by atomic mass is 16.5. The van der Waals surface area contributed by atoms with Crippen molar-refractivity contribution in [3.05, 3.63) is 47.5 Å². The molecule has 146 valence electrons. The smallest absolute Gasteiger partial charge is 0.331 e. The molecule has 2 aromatic rings. The van der Waals surface area contributed by atoms with Crippen LogP contribution in [0.3, 0.4) is 0 Å². The summed E-state index contributed by atoms with van der Waals surface area (Å²) in [4.78, 5) is 23.4. The van der Waals surface area contributed by atoms with E-state index < -0.39 is 11.8 Å². The molecule has 10 heteroatoms. The zero-order chi connectivity index (χ0) is 20.5. The summed E-state index contributed by atoms with van der Waals surface area (Å²) in [6, 6.07) is 8.90. The van der Waals surface area contributed by atoms with E-state index in [1.54, 1.807) is 12.1 Å². The van der Waals surface area contributed by atoms with E-state index in [0.717, 1.165) is 12.4 Å². The summed E-state index contributed by atoms with van der Waals surface area (Å²) >= 11 is 0. The molecule has 0 heterocycles. The Morgan fingerprint density at radius 2 is 1.21 bits per heavy atom. The van der Waals surface area contributed by atoms with Gasteiger partial charge in [-0.25, -0.2) is 10.9 Å². The van der Waals surface area contributed by atoms with Crippen molar-refractivity contribution < 1.29 is 29.3 Å². The van der Waals surface area contributed by atoms with Gasteiger partial charge in [0.05, 0.1) is 26.6 Å². The average Bonchev–Trinajstić information content (AvgIpc) is 2.70. The molecule has 0 saturated carbocycles. The van der Waals surface area contributed by atoms with Crippen LogP contribution in [0.2, 0.25) is 0 Å². The van der Waals surface area contributed by atoms with Crippen LogP contribution in [0, 0.1) is 0 Å². The number of aromatic hydroxyl groups is 2. The van der Waals surface area contributed by atoms with Gasteiger partial charge in [0.1, 0.15) is 23.0 Å². The Bertz CT molecular complexity index is 851. The third-order valence-corrected chi connectivity index (χ3v) is 3.42. The van der Waals surface area contributed by atoms with Crippen molar-refractivity contribution in [2.24, 2.45) is 10.2 Å². The Morgan fingerprint density at radius 1 is 0.821 bits per heavy atom. The van der Waals surface area contributed by atoms with Crippen LogP contribution in [-0.2, 0) is 9.59 Å². The van der Waals surface area contributed by atoms with E-state index in [0.29, 0.717) is 11.5 Å². The molecule has 0 aromatic heterocycles. The number of phenolic OH excluding ortho intramolecular Hbond substituents is 2. The SMILES string of the molecule is COc1ccc(O)c(C=NNC(=O)C(=O)NN=Cc2cc(OC)ccc2O)c1. The van der Waals surface area contributed by atoms with Crippen LogP contribution in [0.5, 0.6) is 23.0 Å². The number of hydrazone groups is 2. The summed E-state index contributed by atoms with van der Waals surface area (Å²) in [5, 5.41) is 26.6. The van der Waals surface area contributed by atoms with Gasteiger partial charge >= 0.3 is 11.8 Å². The molecule has 0 bridgehead atoms. The van der Waals surface area contributed by atoms with Crippen molar-refractivity contribution in [1.29, 1.82) is 0 Å². The normalized spacial score (nSPS) is 10.8. The molecule has 0 aliphatic heterocycles. The fourth-order valence-electron chi connectivity index (χ4n) is 1.95. The second-order valence-electron chi connectivity index (χ2n) is 5.25. The Kier molecular flexibility index (Phi) is 6.92. The molecule has 0 spiro atoms. The minimum absolute atomic E-state index is 0.0778. The van der Waals surface area contributed by atoms with Gasteiger partial charge in [0.15, 0.2) is 0 Å². The van der Waals surface area contributed by atoms with Crippen molar-refractivity contribution in [3.8, 4) is 23.0 Å². The largest absolute Gasteiger partial charge is 0.507 e. The molecule has 0 radical (unpaired) electrons. The number of nitrogens with zero attached hydrogens (tertiary/aromatic N) is 2. The summed E-state index contributed by atoms with van der Waals surface area (Å²) in [6.07, 6.45) is 2.31. The zero-order valence-corrected chi connectivity index (χ0v) is 15.0. The molecule has 0 aliphatic carbocycles. The Balaban J connectivity index is 1.92. The number of ether oxygens (including phenoxy) is 2. The van der Waals surface area contributed by atoms with E-state index in [-0.39, 0.29) is 22.6 Å². The van der Waals surface area contributed by atoms with Gasteiger partial charge in [-0.3, -0.25) is 9.59 Å². The van der Waals surface area contributed by atoms with Gasteiger partial charge in [0.25, 0.3) is 0 Å². The van der Waals surface area contributed by atoms with E-state index in [1.165, 1.54) is 38.5 Å². The maximum absolute atomic E-state index is 11.7. The quantitative estimate of drug-likeness (QED) is 0.327. The first-order valence-corrected chi connectivity index (χ1v) is 7.85. The second kappa shape index (κ2) is 9.57. The second-order valence-corrected chi connectivity index (χ2v) is 5.25. The number of hydrogen-bond acceptors (Lipinski definition) is 8. The number of methoxy groups -OCH3 is 2. The third kappa shape index (κ3) is 5.46. The molecule has 0 atom stereocenters. The number of benzene rings is 2. The minimum atomic E-state index is -1.08. The summed E-state index contributed by atoms with van der Waals surface area (Å²) in [7, 11) is 2.93. The highest BCUT2D eigenvalue weighted by Crippen LogP contribution is 2.21. The van der Waals surface area contributed by atoms with Crippen molar-refractivity contribution in [1.82, 2.24) is 10.9 Å². The van der Waals surface area contributed by atoms with Crippen molar-refractivity contribution in [2.45, 2.75) is 0 Å². The lowest BCUT2D eigenvalue weighted by Crippen LogP contribution is -2.35. The summed E-state index contributed by atoms with van der Waals surface area (Å²) in [5.41, 5.74) is 4.56. The van der Waals surface area contributed by atoms with Crippen molar-refractivity contribution >= 4 is 24.2 Å². The Labute approximate surface area is 160 Å².